The van der Waals surface area contributed by atoms with Crippen molar-refractivity contribution in [1.82, 2.24) is 9.97 Å². The largest absolute Gasteiger partial charge is 0.346 e. The fourth-order valence-corrected chi connectivity index (χ4v) is 3.81. The van der Waals surface area contributed by atoms with Crippen LogP contribution in [0.2, 0.25) is 0 Å². The van der Waals surface area contributed by atoms with Gasteiger partial charge in [-0.15, -0.1) is 11.8 Å². The zero-order chi connectivity index (χ0) is 14.7. The lowest BCUT2D eigenvalue weighted by atomic mass is 10.0. The minimum absolute atomic E-state index is 0.187. The number of aromatic nitrogens is 2. The van der Waals surface area contributed by atoms with Crippen molar-refractivity contribution in [3.63, 3.8) is 0 Å². The smallest absolute Gasteiger partial charge is 0.136 e. The molecule has 2 nitrogen and oxygen atoms in total. The molecule has 110 valence electrons. The third-order valence-corrected chi connectivity index (χ3v) is 5.08. The molecule has 1 fully saturated rings. The highest BCUT2D eigenvalue weighted by Gasteiger charge is 2.18. The van der Waals surface area contributed by atoms with Crippen molar-refractivity contribution >= 4 is 24.0 Å². The van der Waals surface area contributed by atoms with E-state index in [1.165, 1.54) is 49.2 Å². The zero-order valence-electron chi connectivity index (χ0n) is 11.6. The Hall–Kier alpha value is -1.20. The first-order valence-electron chi connectivity index (χ1n) is 7.20. The van der Waals surface area contributed by atoms with E-state index in [1.54, 1.807) is 12.1 Å². The Kier molecular flexibility index (Phi) is 4.70. The molecule has 5 heteroatoms. The Morgan fingerprint density at radius 1 is 1.29 bits per heavy atom. The van der Waals surface area contributed by atoms with E-state index in [4.69, 9.17) is 12.2 Å². The molecule has 0 radical (unpaired) electrons. The fraction of sp³-hybridized carbons (Fsp3) is 0.375. The Labute approximate surface area is 133 Å². The standard InChI is InChI=1S/C16H17FN2S2/c17-12-7-3-4-8-14(12)21-10-15-18-13(9-16(20)19-15)11-5-1-2-6-11/h3-4,7-9,11H,1-2,5-6,10H2,(H,18,19,20). The van der Waals surface area contributed by atoms with Crippen molar-refractivity contribution in [2.75, 3.05) is 0 Å². The van der Waals surface area contributed by atoms with Crippen molar-refractivity contribution in [3.8, 4) is 0 Å². The molecule has 3 rings (SSSR count). The molecule has 1 aromatic carbocycles. The topological polar surface area (TPSA) is 28.7 Å². The Morgan fingerprint density at radius 3 is 2.81 bits per heavy atom. The van der Waals surface area contributed by atoms with Gasteiger partial charge in [0, 0.05) is 10.6 Å². The summed E-state index contributed by atoms with van der Waals surface area (Å²) in [5, 5.41) is 0. The van der Waals surface area contributed by atoms with Crippen LogP contribution < -0.4 is 0 Å². The molecule has 1 aliphatic rings. The highest BCUT2D eigenvalue weighted by Crippen LogP contribution is 2.33. The Morgan fingerprint density at radius 2 is 2.05 bits per heavy atom. The first-order chi connectivity index (χ1) is 10.2. The summed E-state index contributed by atoms with van der Waals surface area (Å²) >= 11 is 6.71. The molecule has 0 bridgehead atoms. The molecule has 1 saturated carbocycles. The number of nitrogens with zero attached hydrogens (tertiary/aromatic N) is 1. The van der Waals surface area contributed by atoms with E-state index in [2.05, 4.69) is 9.97 Å². The summed E-state index contributed by atoms with van der Waals surface area (Å²) in [6, 6.07) is 8.78. The van der Waals surface area contributed by atoms with Crippen LogP contribution in [0.1, 0.15) is 43.1 Å². The third kappa shape index (κ3) is 3.71. The highest BCUT2D eigenvalue weighted by atomic mass is 32.2. The molecule has 0 amide bonds. The van der Waals surface area contributed by atoms with E-state index in [1.807, 2.05) is 12.1 Å². The molecule has 21 heavy (non-hydrogen) atoms. The summed E-state index contributed by atoms with van der Waals surface area (Å²) in [4.78, 5) is 8.41. The van der Waals surface area contributed by atoms with Gasteiger partial charge in [-0.2, -0.15) is 0 Å². The molecule has 0 aliphatic heterocycles. The minimum Gasteiger partial charge on any atom is -0.346 e. The number of nitrogens with one attached hydrogen (secondary N) is 1. The van der Waals surface area contributed by atoms with Crippen molar-refractivity contribution in [1.29, 1.82) is 0 Å². The summed E-state index contributed by atoms with van der Waals surface area (Å²) in [6.45, 7) is 0. The van der Waals surface area contributed by atoms with Gasteiger partial charge in [-0.05, 0) is 37.0 Å². The second-order valence-electron chi connectivity index (χ2n) is 5.32. The van der Waals surface area contributed by atoms with Crippen LogP contribution in [0, 0.1) is 10.5 Å². The monoisotopic (exact) mass is 320 g/mol. The maximum Gasteiger partial charge on any atom is 0.136 e. The minimum atomic E-state index is -0.187. The molecule has 0 spiro atoms. The van der Waals surface area contributed by atoms with E-state index in [9.17, 15) is 4.39 Å². The van der Waals surface area contributed by atoms with Gasteiger partial charge in [0.15, 0.2) is 0 Å². The second kappa shape index (κ2) is 6.71. The first kappa shape index (κ1) is 14.7. The molecule has 1 aliphatic carbocycles. The number of hydrogen-bond acceptors (Lipinski definition) is 3. The van der Waals surface area contributed by atoms with Gasteiger partial charge >= 0.3 is 0 Å². The van der Waals surface area contributed by atoms with E-state index >= 15 is 0 Å². The number of benzene rings is 1. The Bertz CT molecular complexity index is 678. The van der Waals surface area contributed by atoms with Crippen LogP contribution in [0.3, 0.4) is 0 Å². The predicted octanol–water partition coefficient (Wildman–Crippen LogP) is 5.23. The SMILES string of the molecule is Fc1ccccc1SCc1nc(=S)cc(C2CCCC2)[nH]1. The van der Waals surface area contributed by atoms with E-state index in [0.29, 0.717) is 21.2 Å². The second-order valence-corrected chi connectivity index (χ2v) is 6.76. The first-order valence-corrected chi connectivity index (χ1v) is 8.59. The normalized spacial score (nSPS) is 15.5. The number of rotatable bonds is 4. The molecular formula is C16H17FN2S2. The van der Waals surface area contributed by atoms with E-state index in [-0.39, 0.29) is 5.82 Å². The van der Waals surface area contributed by atoms with Gasteiger partial charge in [0.2, 0.25) is 0 Å². The van der Waals surface area contributed by atoms with Crippen molar-refractivity contribution in [2.45, 2.75) is 42.2 Å². The van der Waals surface area contributed by atoms with Gasteiger partial charge in [0.05, 0.1) is 5.75 Å². The van der Waals surface area contributed by atoms with Crippen LogP contribution in [0.15, 0.2) is 35.2 Å². The number of hydrogen-bond donors (Lipinski definition) is 1. The van der Waals surface area contributed by atoms with Crippen LogP contribution in [-0.4, -0.2) is 9.97 Å². The lowest BCUT2D eigenvalue weighted by Crippen LogP contribution is -2.02. The molecule has 0 unspecified atom stereocenters. The van der Waals surface area contributed by atoms with E-state index in [0.717, 1.165) is 5.82 Å². The van der Waals surface area contributed by atoms with Crippen LogP contribution in [0.5, 0.6) is 0 Å². The molecule has 1 heterocycles. The lowest BCUT2D eigenvalue weighted by Gasteiger charge is -2.11. The van der Waals surface area contributed by atoms with Crippen LogP contribution in [-0.2, 0) is 5.75 Å². The van der Waals surface area contributed by atoms with E-state index < -0.39 is 0 Å². The van der Waals surface area contributed by atoms with Crippen LogP contribution >= 0.6 is 24.0 Å². The predicted molar refractivity (Wildman–Crippen MR) is 86.6 cm³/mol. The van der Waals surface area contributed by atoms with Crippen molar-refractivity contribution in [2.24, 2.45) is 0 Å². The molecule has 2 aromatic rings. The van der Waals surface area contributed by atoms with Crippen molar-refractivity contribution in [3.05, 3.63) is 52.3 Å². The van der Waals surface area contributed by atoms with Gasteiger partial charge in [-0.25, -0.2) is 9.37 Å². The summed E-state index contributed by atoms with van der Waals surface area (Å²) in [7, 11) is 0. The lowest BCUT2D eigenvalue weighted by molar-refractivity contribution is 0.602. The molecule has 0 atom stereocenters. The summed E-state index contributed by atoms with van der Waals surface area (Å²) in [6.07, 6.45) is 5.00. The Balaban J connectivity index is 1.76. The van der Waals surface area contributed by atoms with Crippen LogP contribution in [0.4, 0.5) is 4.39 Å². The van der Waals surface area contributed by atoms with Gasteiger partial charge < -0.3 is 4.98 Å². The van der Waals surface area contributed by atoms with Gasteiger partial charge in [-0.3, -0.25) is 0 Å². The van der Waals surface area contributed by atoms with Crippen LogP contribution in [0.25, 0.3) is 0 Å². The maximum absolute atomic E-state index is 13.6. The summed E-state index contributed by atoms with van der Waals surface area (Å²) in [5.74, 6) is 1.82. The molecular weight excluding hydrogens is 303 g/mol. The highest BCUT2D eigenvalue weighted by molar-refractivity contribution is 7.98. The number of aromatic amines is 1. The van der Waals surface area contributed by atoms with Gasteiger partial charge in [0.1, 0.15) is 16.3 Å². The zero-order valence-corrected chi connectivity index (χ0v) is 13.3. The number of thioether (sulfide) groups is 1. The number of halogens is 1. The van der Waals surface area contributed by atoms with Gasteiger partial charge in [0.25, 0.3) is 0 Å². The average molecular weight is 320 g/mol. The third-order valence-electron chi connectivity index (χ3n) is 3.81. The summed E-state index contributed by atoms with van der Waals surface area (Å²) < 4.78 is 14.2. The molecule has 0 saturated heterocycles. The molecule has 1 N–H and O–H groups in total. The van der Waals surface area contributed by atoms with Crippen molar-refractivity contribution < 1.29 is 4.39 Å². The average Bonchev–Trinajstić information content (AvgIpc) is 3.00. The summed E-state index contributed by atoms with van der Waals surface area (Å²) in [5.41, 5.74) is 1.19. The van der Waals surface area contributed by atoms with Gasteiger partial charge in [-0.1, -0.05) is 37.2 Å². The fourth-order valence-electron chi connectivity index (χ4n) is 2.76. The molecule has 1 aromatic heterocycles. The maximum atomic E-state index is 13.6. The number of H-pyrrole nitrogens is 1. The quantitative estimate of drug-likeness (QED) is 0.618.